The zero-order valence-electron chi connectivity index (χ0n) is 15.4. The van der Waals surface area contributed by atoms with Gasteiger partial charge in [-0.15, -0.1) is 11.3 Å². The van der Waals surface area contributed by atoms with Gasteiger partial charge in [0.05, 0.1) is 0 Å². The summed E-state index contributed by atoms with van der Waals surface area (Å²) in [7, 11) is 0. The lowest BCUT2D eigenvalue weighted by molar-refractivity contribution is -0.123. The quantitative estimate of drug-likeness (QED) is 0.368. The van der Waals surface area contributed by atoms with Gasteiger partial charge in [-0.3, -0.25) is 19.6 Å². The van der Waals surface area contributed by atoms with E-state index in [1.54, 1.807) is 43.0 Å². The minimum Gasteiger partial charge on any atom is -0.348 e. The van der Waals surface area contributed by atoms with Crippen LogP contribution in [0.5, 0.6) is 0 Å². The Hall–Kier alpha value is -3.32. The van der Waals surface area contributed by atoms with Crippen molar-refractivity contribution in [1.82, 2.24) is 20.6 Å². The van der Waals surface area contributed by atoms with E-state index < -0.39 is 11.8 Å². The van der Waals surface area contributed by atoms with Crippen molar-refractivity contribution >= 4 is 29.2 Å². The number of aromatic nitrogens is 2. The SMILES string of the molecule is Cc1ccsc1C=C(C(=O)NCc1cccnc1)C(=O)NCc1cccnc1. The van der Waals surface area contributed by atoms with Crippen molar-refractivity contribution in [2.24, 2.45) is 0 Å². The maximum absolute atomic E-state index is 12.7. The minimum absolute atomic E-state index is 0.0679. The largest absolute Gasteiger partial charge is 0.348 e. The van der Waals surface area contributed by atoms with E-state index in [2.05, 4.69) is 20.6 Å². The topological polar surface area (TPSA) is 84.0 Å². The van der Waals surface area contributed by atoms with Crippen LogP contribution in [0, 0.1) is 6.92 Å². The van der Waals surface area contributed by atoms with Gasteiger partial charge in [0.25, 0.3) is 11.8 Å². The molecule has 0 saturated carbocycles. The first-order chi connectivity index (χ1) is 13.6. The van der Waals surface area contributed by atoms with Crippen LogP contribution < -0.4 is 10.6 Å². The monoisotopic (exact) mass is 392 g/mol. The fraction of sp³-hybridized carbons (Fsp3) is 0.143. The number of aryl methyl sites for hydroxylation is 1. The lowest BCUT2D eigenvalue weighted by Gasteiger charge is -2.10. The van der Waals surface area contributed by atoms with E-state index in [0.717, 1.165) is 21.6 Å². The predicted molar refractivity (Wildman–Crippen MR) is 109 cm³/mol. The van der Waals surface area contributed by atoms with Crippen molar-refractivity contribution in [3.8, 4) is 0 Å². The molecule has 0 unspecified atom stereocenters. The van der Waals surface area contributed by atoms with Crippen LogP contribution in [0.15, 0.2) is 66.1 Å². The molecule has 0 saturated heterocycles. The van der Waals surface area contributed by atoms with Crippen LogP contribution in [0.4, 0.5) is 0 Å². The van der Waals surface area contributed by atoms with Gasteiger partial charge in [-0.1, -0.05) is 12.1 Å². The Morgan fingerprint density at radius 3 is 1.96 bits per heavy atom. The second-order valence-corrected chi connectivity index (χ2v) is 7.06. The van der Waals surface area contributed by atoms with E-state index in [1.807, 2.05) is 30.5 Å². The summed E-state index contributed by atoms with van der Waals surface area (Å²) < 4.78 is 0. The zero-order chi connectivity index (χ0) is 19.8. The molecule has 0 aromatic carbocycles. The Morgan fingerprint density at radius 1 is 0.964 bits per heavy atom. The molecule has 6 nitrogen and oxygen atoms in total. The summed E-state index contributed by atoms with van der Waals surface area (Å²) in [5, 5.41) is 7.52. The van der Waals surface area contributed by atoms with Gasteiger partial charge in [0.1, 0.15) is 5.57 Å². The van der Waals surface area contributed by atoms with Gasteiger partial charge in [-0.2, -0.15) is 0 Å². The van der Waals surface area contributed by atoms with Crippen LogP contribution in [0.25, 0.3) is 6.08 Å². The number of pyridine rings is 2. The molecule has 0 radical (unpaired) electrons. The Bertz CT molecular complexity index is 911. The molecular formula is C21H20N4O2S. The summed E-state index contributed by atoms with van der Waals surface area (Å²) >= 11 is 1.49. The van der Waals surface area contributed by atoms with Gasteiger partial charge in [-0.05, 0) is 53.3 Å². The van der Waals surface area contributed by atoms with Crippen molar-refractivity contribution in [3.05, 3.63) is 87.6 Å². The van der Waals surface area contributed by atoms with E-state index in [-0.39, 0.29) is 5.57 Å². The molecular weight excluding hydrogens is 372 g/mol. The molecule has 2 N–H and O–H groups in total. The molecule has 0 fully saturated rings. The molecule has 3 aromatic rings. The van der Waals surface area contributed by atoms with Gasteiger partial charge in [-0.25, -0.2) is 0 Å². The highest BCUT2D eigenvalue weighted by Gasteiger charge is 2.19. The predicted octanol–water partition coefficient (Wildman–Crippen LogP) is 2.86. The smallest absolute Gasteiger partial charge is 0.257 e. The average molecular weight is 392 g/mol. The van der Waals surface area contributed by atoms with Gasteiger partial charge in [0.2, 0.25) is 0 Å². The highest BCUT2D eigenvalue weighted by molar-refractivity contribution is 7.11. The van der Waals surface area contributed by atoms with Crippen molar-refractivity contribution in [1.29, 1.82) is 0 Å². The number of hydrogen-bond acceptors (Lipinski definition) is 5. The first kappa shape index (κ1) is 19.4. The first-order valence-corrected chi connectivity index (χ1v) is 9.61. The third-order valence-electron chi connectivity index (χ3n) is 4.02. The summed E-state index contributed by atoms with van der Waals surface area (Å²) in [6, 6.07) is 9.28. The summed E-state index contributed by atoms with van der Waals surface area (Å²) in [5.74, 6) is -0.860. The highest BCUT2D eigenvalue weighted by Crippen LogP contribution is 2.19. The molecule has 28 heavy (non-hydrogen) atoms. The van der Waals surface area contributed by atoms with Crippen LogP contribution in [-0.4, -0.2) is 21.8 Å². The number of nitrogens with one attached hydrogen (secondary N) is 2. The molecule has 0 spiro atoms. The average Bonchev–Trinajstić information content (AvgIpc) is 3.14. The number of hydrogen-bond donors (Lipinski definition) is 2. The maximum Gasteiger partial charge on any atom is 0.257 e. The Balaban J connectivity index is 1.74. The number of thiophene rings is 1. The molecule has 0 bridgehead atoms. The fourth-order valence-electron chi connectivity index (χ4n) is 2.46. The normalized spacial score (nSPS) is 10.2. The summed E-state index contributed by atoms with van der Waals surface area (Å²) in [6.45, 7) is 2.54. The number of carbonyl (C=O) groups excluding carboxylic acids is 2. The molecule has 0 aliphatic rings. The Morgan fingerprint density at radius 2 is 1.54 bits per heavy atom. The van der Waals surface area contributed by atoms with Crippen LogP contribution in [0.3, 0.4) is 0 Å². The van der Waals surface area contributed by atoms with Gasteiger partial charge >= 0.3 is 0 Å². The molecule has 142 valence electrons. The van der Waals surface area contributed by atoms with Crippen molar-refractivity contribution in [3.63, 3.8) is 0 Å². The van der Waals surface area contributed by atoms with E-state index in [9.17, 15) is 9.59 Å². The van der Waals surface area contributed by atoms with Crippen LogP contribution in [0.2, 0.25) is 0 Å². The van der Waals surface area contributed by atoms with Crippen molar-refractivity contribution in [2.45, 2.75) is 20.0 Å². The highest BCUT2D eigenvalue weighted by atomic mass is 32.1. The summed E-state index contributed by atoms with van der Waals surface area (Å²) in [5.41, 5.74) is 2.80. The fourth-order valence-corrected chi connectivity index (χ4v) is 3.32. The number of nitrogens with zero attached hydrogens (tertiary/aromatic N) is 2. The second-order valence-electron chi connectivity index (χ2n) is 6.11. The molecule has 0 atom stereocenters. The molecule has 0 aliphatic carbocycles. The van der Waals surface area contributed by atoms with Crippen LogP contribution >= 0.6 is 11.3 Å². The number of carbonyl (C=O) groups is 2. The maximum atomic E-state index is 12.7. The number of amides is 2. The molecule has 3 heterocycles. The molecule has 0 aliphatic heterocycles. The van der Waals surface area contributed by atoms with Crippen molar-refractivity contribution < 1.29 is 9.59 Å². The van der Waals surface area contributed by atoms with Crippen LogP contribution in [0.1, 0.15) is 21.6 Å². The summed E-state index contributed by atoms with van der Waals surface area (Å²) in [4.78, 5) is 34.4. The second kappa shape index (κ2) is 9.57. The molecule has 3 rings (SSSR count). The first-order valence-electron chi connectivity index (χ1n) is 8.73. The van der Waals surface area contributed by atoms with E-state index in [0.29, 0.717) is 13.1 Å². The third kappa shape index (κ3) is 5.34. The molecule has 7 heteroatoms. The Kier molecular flexibility index (Phi) is 6.64. The summed E-state index contributed by atoms with van der Waals surface area (Å²) in [6.07, 6.45) is 8.33. The minimum atomic E-state index is -0.430. The number of rotatable bonds is 7. The van der Waals surface area contributed by atoms with E-state index in [4.69, 9.17) is 0 Å². The lowest BCUT2D eigenvalue weighted by Crippen LogP contribution is -2.34. The molecule has 3 aromatic heterocycles. The lowest BCUT2D eigenvalue weighted by atomic mass is 10.1. The van der Waals surface area contributed by atoms with Crippen molar-refractivity contribution in [2.75, 3.05) is 0 Å². The Labute approximate surface area is 167 Å². The van der Waals surface area contributed by atoms with Crippen LogP contribution in [-0.2, 0) is 22.7 Å². The van der Waals surface area contributed by atoms with E-state index >= 15 is 0 Å². The third-order valence-corrected chi connectivity index (χ3v) is 4.98. The zero-order valence-corrected chi connectivity index (χ0v) is 16.2. The molecule has 2 amide bonds. The standard InChI is InChI=1S/C21H20N4O2S/c1-15-6-9-28-19(15)10-18(20(26)24-13-16-4-2-7-22-11-16)21(27)25-14-17-5-3-8-23-12-17/h2-12H,13-14H2,1H3,(H,24,26)(H,25,27). The van der Waals surface area contributed by atoms with E-state index in [1.165, 1.54) is 11.3 Å². The van der Waals surface area contributed by atoms with Gasteiger partial charge in [0, 0.05) is 42.8 Å². The van der Waals surface area contributed by atoms with Gasteiger partial charge in [0.15, 0.2) is 0 Å². The van der Waals surface area contributed by atoms with Gasteiger partial charge < -0.3 is 10.6 Å².